The number of thiophene rings is 1. The Kier molecular flexibility index (Phi) is 4.63. The second-order valence-corrected chi connectivity index (χ2v) is 7.18. The second kappa shape index (κ2) is 7.22. The standard InChI is InChI=1S/C17H15N5O2S2/c1-23-13-6-3-2-5-12(13)15-20-21-17(22(15)18)26-10-11-9-24-16(19-11)14-7-4-8-25-14/h2-9H,10,18H2,1H3. The van der Waals surface area contributed by atoms with E-state index in [9.17, 15) is 0 Å². The number of ether oxygens (including phenoxy) is 1. The molecule has 9 heteroatoms. The molecule has 1 aromatic carbocycles. The van der Waals surface area contributed by atoms with Gasteiger partial charge in [-0.15, -0.1) is 21.5 Å². The summed E-state index contributed by atoms with van der Waals surface area (Å²) in [7, 11) is 1.61. The molecule has 0 unspecified atom stereocenters. The van der Waals surface area contributed by atoms with Gasteiger partial charge < -0.3 is 15.0 Å². The van der Waals surface area contributed by atoms with Crippen LogP contribution in [0.1, 0.15) is 5.69 Å². The van der Waals surface area contributed by atoms with Crippen molar-refractivity contribution in [2.24, 2.45) is 0 Å². The minimum absolute atomic E-state index is 0.546. The van der Waals surface area contributed by atoms with Crippen molar-refractivity contribution in [2.45, 2.75) is 10.9 Å². The van der Waals surface area contributed by atoms with Gasteiger partial charge in [0, 0.05) is 5.75 Å². The first-order valence-electron chi connectivity index (χ1n) is 7.71. The van der Waals surface area contributed by atoms with Crippen LogP contribution in [0.3, 0.4) is 0 Å². The smallest absolute Gasteiger partial charge is 0.236 e. The lowest BCUT2D eigenvalue weighted by Crippen LogP contribution is -2.12. The van der Waals surface area contributed by atoms with Crippen LogP contribution in [-0.4, -0.2) is 27.0 Å². The van der Waals surface area contributed by atoms with Crippen LogP contribution in [0, 0.1) is 0 Å². The Labute approximate surface area is 157 Å². The molecule has 0 aliphatic rings. The summed E-state index contributed by atoms with van der Waals surface area (Å²) in [5.74, 6) is 8.62. The molecule has 132 valence electrons. The number of hydrogen-bond donors (Lipinski definition) is 1. The van der Waals surface area contributed by atoms with E-state index in [0.29, 0.717) is 28.4 Å². The van der Waals surface area contributed by atoms with Gasteiger partial charge in [0.05, 0.1) is 23.2 Å². The van der Waals surface area contributed by atoms with Gasteiger partial charge in [-0.25, -0.2) is 9.66 Å². The fourth-order valence-corrected chi connectivity index (χ4v) is 3.80. The molecule has 3 heterocycles. The summed E-state index contributed by atoms with van der Waals surface area (Å²) in [5, 5.41) is 11.0. The molecule has 0 bridgehead atoms. The number of oxazole rings is 1. The summed E-state index contributed by atoms with van der Waals surface area (Å²) in [6, 6.07) is 11.5. The lowest BCUT2D eigenvalue weighted by Gasteiger charge is -2.07. The van der Waals surface area contributed by atoms with Gasteiger partial charge in [-0.3, -0.25) is 0 Å². The molecule has 4 rings (SSSR count). The first-order chi connectivity index (χ1) is 12.8. The predicted molar refractivity (Wildman–Crippen MR) is 102 cm³/mol. The van der Waals surface area contributed by atoms with Crippen LogP contribution in [-0.2, 0) is 5.75 Å². The van der Waals surface area contributed by atoms with Crippen molar-refractivity contribution in [3.05, 3.63) is 53.7 Å². The van der Waals surface area contributed by atoms with Gasteiger partial charge >= 0.3 is 0 Å². The number of thioether (sulfide) groups is 1. The molecule has 0 amide bonds. The van der Waals surface area contributed by atoms with E-state index < -0.39 is 0 Å². The van der Waals surface area contributed by atoms with Crippen molar-refractivity contribution < 1.29 is 9.15 Å². The van der Waals surface area contributed by atoms with Crippen LogP contribution in [0.4, 0.5) is 0 Å². The Morgan fingerprint density at radius 2 is 2.12 bits per heavy atom. The molecular formula is C17H15N5O2S2. The van der Waals surface area contributed by atoms with Crippen LogP contribution in [0.15, 0.2) is 57.6 Å². The lowest BCUT2D eigenvalue weighted by atomic mass is 10.2. The van der Waals surface area contributed by atoms with Gasteiger partial charge in [0.2, 0.25) is 11.0 Å². The number of nitrogens with two attached hydrogens (primary N) is 1. The van der Waals surface area contributed by atoms with E-state index in [2.05, 4.69) is 15.2 Å². The average molecular weight is 385 g/mol. The van der Waals surface area contributed by atoms with E-state index in [4.69, 9.17) is 15.0 Å². The summed E-state index contributed by atoms with van der Waals surface area (Å²) >= 11 is 3.03. The van der Waals surface area contributed by atoms with Crippen molar-refractivity contribution in [1.82, 2.24) is 19.9 Å². The van der Waals surface area contributed by atoms with E-state index in [0.717, 1.165) is 16.1 Å². The summed E-state index contributed by atoms with van der Waals surface area (Å²) in [4.78, 5) is 5.50. The molecule has 0 aliphatic heterocycles. The van der Waals surface area contributed by atoms with Crippen LogP contribution in [0.2, 0.25) is 0 Å². The molecule has 3 aromatic heterocycles. The zero-order valence-electron chi connectivity index (χ0n) is 13.8. The molecule has 26 heavy (non-hydrogen) atoms. The zero-order valence-corrected chi connectivity index (χ0v) is 15.5. The number of benzene rings is 1. The van der Waals surface area contributed by atoms with E-state index >= 15 is 0 Å². The highest BCUT2D eigenvalue weighted by molar-refractivity contribution is 7.98. The quantitative estimate of drug-likeness (QED) is 0.400. The van der Waals surface area contributed by atoms with E-state index in [-0.39, 0.29) is 0 Å². The number of methoxy groups -OCH3 is 1. The number of rotatable bonds is 6. The third-order valence-electron chi connectivity index (χ3n) is 3.65. The van der Waals surface area contributed by atoms with Crippen LogP contribution in [0.5, 0.6) is 5.75 Å². The Bertz CT molecular complexity index is 1010. The van der Waals surface area contributed by atoms with Gasteiger partial charge in [-0.05, 0) is 23.6 Å². The van der Waals surface area contributed by atoms with Crippen molar-refractivity contribution >= 4 is 23.1 Å². The Morgan fingerprint density at radius 1 is 1.23 bits per heavy atom. The third-order valence-corrected chi connectivity index (χ3v) is 5.48. The van der Waals surface area contributed by atoms with Gasteiger partial charge in [0.1, 0.15) is 12.0 Å². The van der Waals surface area contributed by atoms with Crippen molar-refractivity contribution in [2.75, 3.05) is 13.0 Å². The zero-order chi connectivity index (χ0) is 17.9. The van der Waals surface area contributed by atoms with Gasteiger partial charge in [0.25, 0.3) is 0 Å². The summed E-state index contributed by atoms with van der Waals surface area (Å²) in [6.07, 6.45) is 1.65. The Morgan fingerprint density at radius 3 is 2.92 bits per heavy atom. The number of nitrogen functional groups attached to an aromatic ring is 1. The third kappa shape index (κ3) is 3.18. The minimum atomic E-state index is 0.546. The SMILES string of the molecule is COc1ccccc1-c1nnc(SCc2coc(-c3cccs3)n2)n1N. The highest BCUT2D eigenvalue weighted by Crippen LogP contribution is 2.30. The van der Waals surface area contributed by atoms with Crippen molar-refractivity contribution in [1.29, 1.82) is 0 Å². The van der Waals surface area contributed by atoms with Gasteiger partial charge in [-0.1, -0.05) is 30.0 Å². The Balaban J connectivity index is 1.51. The second-order valence-electron chi connectivity index (χ2n) is 5.29. The van der Waals surface area contributed by atoms with Crippen molar-refractivity contribution in [3.63, 3.8) is 0 Å². The van der Waals surface area contributed by atoms with Crippen LogP contribution < -0.4 is 10.6 Å². The predicted octanol–water partition coefficient (Wildman–Crippen LogP) is 3.68. The molecule has 0 aliphatic carbocycles. The van der Waals surface area contributed by atoms with Crippen LogP contribution in [0.25, 0.3) is 22.2 Å². The molecule has 0 atom stereocenters. The molecule has 0 spiro atoms. The summed E-state index contributed by atoms with van der Waals surface area (Å²) < 4.78 is 12.4. The normalized spacial score (nSPS) is 11.0. The highest BCUT2D eigenvalue weighted by atomic mass is 32.2. The molecule has 0 saturated carbocycles. The molecule has 2 N–H and O–H groups in total. The molecule has 0 saturated heterocycles. The maximum atomic E-state index is 6.18. The number of para-hydroxylation sites is 1. The maximum Gasteiger partial charge on any atom is 0.236 e. The monoisotopic (exact) mass is 385 g/mol. The molecule has 0 fully saturated rings. The molecular weight excluding hydrogens is 370 g/mol. The minimum Gasteiger partial charge on any atom is -0.496 e. The fourth-order valence-electron chi connectivity index (χ4n) is 2.41. The van der Waals surface area contributed by atoms with E-state index in [1.807, 2.05) is 41.8 Å². The topological polar surface area (TPSA) is 92.0 Å². The van der Waals surface area contributed by atoms with Gasteiger partial charge in [0.15, 0.2) is 5.82 Å². The number of aromatic nitrogens is 4. The first kappa shape index (κ1) is 16.7. The van der Waals surface area contributed by atoms with Crippen LogP contribution >= 0.6 is 23.1 Å². The number of hydrogen-bond acceptors (Lipinski definition) is 8. The molecule has 0 radical (unpaired) electrons. The molecule has 7 nitrogen and oxygen atoms in total. The number of nitrogens with zero attached hydrogens (tertiary/aromatic N) is 4. The maximum absolute atomic E-state index is 6.18. The Hall–Kier alpha value is -2.78. The highest BCUT2D eigenvalue weighted by Gasteiger charge is 2.16. The summed E-state index contributed by atoms with van der Waals surface area (Å²) in [5.41, 5.74) is 1.61. The lowest BCUT2D eigenvalue weighted by molar-refractivity contribution is 0.416. The van der Waals surface area contributed by atoms with E-state index in [1.165, 1.54) is 16.4 Å². The molecule has 4 aromatic rings. The van der Waals surface area contributed by atoms with E-state index in [1.54, 1.807) is 24.7 Å². The largest absolute Gasteiger partial charge is 0.496 e. The summed E-state index contributed by atoms with van der Waals surface area (Å²) in [6.45, 7) is 0. The fraction of sp³-hybridized carbons (Fsp3) is 0.118. The van der Waals surface area contributed by atoms with Gasteiger partial charge in [-0.2, -0.15) is 0 Å². The van der Waals surface area contributed by atoms with Crippen molar-refractivity contribution in [3.8, 4) is 27.9 Å². The average Bonchev–Trinajstić information content (AvgIpc) is 3.41. The first-order valence-corrected chi connectivity index (χ1v) is 9.57.